The van der Waals surface area contributed by atoms with Crippen LogP contribution in [0.4, 0.5) is 5.69 Å². The zero-order valence-electron chi connectivity index (χ0n) is 16.9. The van der Waals surface area contributed by atoms with Crippen molar-refractivity contribution in [1.82, 2.24) is 15.2 Å². The summed E-state index contributed by atoms with van der Waals surface area (Å²) in [5.41, 5.74) is 3.19. The van der Waals surface area contributed by atoms with E-state index < -0.39 is 0 Å². The van der Waals surface area contributed by atoms with Crippen LogP contribution in [0.5, 0.6) is 0 Å². The predicted octanol–water partition coefficient (Wildman–Crippen LogP) is 4.68. The van der Waals surface area contributed by atoms with E-state index in [1.165, 1.54) is 43.3 Å². The van der Waals surface area contributed by atoms with Gasteiger partial charge in [0.2, 0.25) is 0 Å². The molecule has 2 aromatic rings. The van der Waals surface area contributed by atoms with E-state index in [0.29, 0.717) is 10.1 Å². The maximum Gasteiger partial charge on any atom is 0.264 e. The zero-order chi connectivity index (χ0) is 20.2. The highest BCUT2D eigenvalue weighted by atomic mass is 32.2. The first kappa shape index (κ1) is 20.3. The first-order chi connectivity index (χ1) is 14.1. The molecule has 1 aromatic heterocycles. The van der Waals surface area contributed by atoms with Crippen LogP contribution < -0.4 is 5.32 Å². The van der Waals surface area contributed by atoms with Crippen LogP contribution in [-0.4, -0.2) is 40.6 Å². The largest absolute Gasteiger partial charge is 0.303 e. The number of nitrogens with one attached hydrogen (secondary N) is 1. The highest BCUT2D eigenvalue weighted by Gasteiger charge is 2.24. The predicted molar refractivity (Wildman–Crippen MR) is 123 cm³/mol. The summed E-state index contributed by atoms with van der Waals surface area (Å²) in [5.74, 6) is -0.0949. The van der Waals surface area contributed by atoms with Crippen LogP contribution in [0.25, 0.3) is 6.08 Å². The molecular formula is C22H26N4OS2. The third-order valence-electron chi connectivity index (χ3n) is 5.13. The van der Waals surface area contributed by atoms with Gasteiger partial charge in [0, 0.05) is 17.5 Å². The Bertz CT molecular complexity index is 957. The lowest BCUT2D eigenvalue weighted by Gasteiger charge is -2.12. The molecule has 2 aliphatic heterocycles. The van der Waals surface area contributed by atoms with E-state index >= 15 is 0 Å². The average Bonchev–Trinajstić information content (AvgIpc) is 3.41. The van der Waals surface area contributed by atoms with E-state index in [0.717, 1.165) is 40.5 Å². The number of benzene rings is 1. The molecule has 1 aromatic carbocycles. The van der Waals surface area contributed by atoms with Crippen molar-refractivity contribution in [2.24, 2.45) is 4.99 Å². The lowest BCUT2D eigenvalue weighted by atomic mass is 10.1. The summed E-state index contributed by atoms with van der Waals surface area (Å²) in [7, 11) is 0. The Balaban J connectivity index is 1.37. The molecule has 1 amide bonds. The van der Waals surface area contributed by atoms with E-state index in [4.69, 9.17) is 0 Å². The zero-order valence-corrected chi connectivity index (χ0v) is 18.5. The van der Waals surface area contributed by atoms with Crippen LogP contribution in [0, 0.1) is 13.8 Å². The molecule has 3 heterocycles. The van der Waals surface area contributed by atoms with Crippen LogP contribution in [0.2, 0.25) is 0 Å². The Hall–Kier alpha value is -1.96. The topological polar surface area (TPSA) is 57.6 Å². The number of aryl methyl sites for hydroxylation is 3. The normalized spacial score (nSPS) is 20.1. The number of amidine groups is 1. The van der Waals surface area contributed by atoms with Crippen molar-refractivity contribution < 1.29 is 4.79 Å². The number of hydrogen-bond donors (Lipinski definition) is 1. The van der Waals surface area contributed by atoms with Crippen molar-refractivity contribution in [3.63, 3.8) is 0 Å². The first-order valence-corrected chi connectivity index (χ1v) is 11.7. The van der Waals surface area contributed by atoms with Crippen LogP contribution >= 0.6 is 23.1 Å². The number of likely N-dealkylation sites (tertiary alicyclic amines) is 1. The third-order valence-corrected chi connectivity index (χ3v) is 7.05. The molecular weight excluding hydrogens is 400 g/mol. The summed E-state index contributed by atoms with van der Waals surface area (Å²) in [4.78, 5) is 25.7. The molecule has 4 rings (SSSR count). The summed E-state index contributed by atoms with van der Waals surface area (Å²) in [6, 6.07) is 6.12. The summed E-state index contributed by atoms with van der Waals surface area (Å²) in [6.07, 6.45) is 8.61. The second-order valence-corrected chi connectivity index (χ2v) is 9.76. The number of nitrogens with zero attached hydrogens (tertiary/aromatic N) is 3. The van der Waals surface area contributed by atoms with Crippen LogP contribution in [0.15, 0.2) is 34.3 Å². The number of thioether (sulfide) groups is 1. The number of amides is 1. The van der Waals surface area contributed by atoms with Crippen molar-refractivity contribution >= 4 is 45.9 Å². The molecule has 2 saturated heterocycles. The molecule has 0 unspecified atom stereocenters. The fourth-order valence-corrected chi connectivity index (χ4v) is 5.42. The SMILES string of the molecule is Cc1ccc(N=C2NC(=O)/C(=C/c3cnc(CCCN4CCCC4)s3)S2)c(C)c1. The summed E-state index contributed by atoms with van der Waals surface area (Å²) in [5, 5.41) is 4.64. The van der Waals surface area contributed by atoms with Crippen molar-refractivity contribution in [1.29, 1.82) is 0 Å². The van der Waals surface area contributed by atoms with E-state index in [-0.39, 0.29) is 5.91 Å². The van der Waals surface area contributed by atoms with Crippen molar-refractivity contribution in [3.8, 4) is 0 Å². The molecule has 29 heavy (non-hydrogen) atoms. The van der Waals surface area contributed by atoms with Gasteiger partial charge in [-0.25, -0.2) is 9.98 Å². The summed E-state index contributed by atoms with van der Waals surface area (Å²) < 4.78 is 0. The minimum absolute atomic E-state index is 0.0949. The van der Waals surface area contributed by atoms with Gasteiger partial charge in [0.15, 0.2) is 5.17 Å². The van der Waals surface area contributed by atoms with Crippen LogP contribution in [-0.2, 0) is 11.2 Å². The lowest BCUT2D eigenvalue weighted by molar-refractivity contribution is -0.115. The summed E-state index contributed by atoms with van der Waals surface area (Å²) >= 11 is 3.06. The molecule has 0 saturated carbocycles. The minimum Gasteiger partial charge on any atom is -0.303 e. The first-order valence-electron chi connectivity index (χ1n) is 10.1. The number of thiazole rings is 1. The van der Waals surface area contributed by atoms with Crippen molar-refractivity contribution in [3.05, 3.63) is 50.3 Å². The molecule has 152 valence electrons. The average molecular weight is 427 g/mol. The van der Waals surface area contributed by atoms with E-state index in [1.54, 1.807) is 11.3 Å². The molecule has 2 fully saturated rings. The highest BCUT2D eigenvalue weighted by Crippen LogP contribution is 2.30. The smallest absolute Gasteiger partial charge is 0.264 e. The molecule has 5 nitrogen and oxygen atoms in total. The van der Waals surface area contributed by atoms with E-state index in [1.807, 2.05) is 31.3 Å². The molecule has 2 aliphatic rings. The maximum atomic E-state index is 12.3. The number of carbonyl (C=O) groups excluding carboxylic acids is 1. The summed E-state index contributed by atoms with van der Waals surface area (Å²) in [6.45, 7) is 7.74. The van der Waals surface area contributed by atoms with E-state index in [9.17, 15) is 4.79 Å². The monoisotopic (exact) mass is 426 g/mol. The van der Waals surface area contributed by atoms with Gasteiger partial charge in [-0.2, -0.15) is 0 Å². The van der Waals surface area contributed by atoms with Gasteiger partial charge in [0.25, 0.3) is 5.91 Å². The van der Waals surface area contributed by atoms with Gasteiger partial charge in [-0.15, -0.1) is 11.3 Å². The molecule has 0 radical (unpaired) electrons. The lowest BCUT2D eigenvalue weighted by Crippen LogP contribution is -2.20. The number of aromatic nitrogens is 1. The number of aliphatic imine (C=N–C) groups is 1. The van der Waals surface area contributed by atoms with Gasteiger partial charge in [-0.3, -0.25) is 4.79 Å². The van der Waals surface area contributed by atoms with Crippen molar-refractivity contribution in [2.45, 2.75) is 39.5 Å². The van der Waals surface area contributed by atoms with Gasteiger partial charge in [-0.05, 0) is 82.2 Å². The number of carbonyl (C=O) groups is 1. The Morgan fingerprint density at radius 1 is 1.28 bits per heavy atom. The minimum atomic E-state index is -0.0949. The second kappa shape index (κ2) is 9.24. The molecule has 0 aliphatic carbocycles. The molecule has 0 atom stereocenters. The quantitative estimate of drug-likeness (QED) is 0.682. The fraction of sp³-hybridized carbons (Fsp3) is 0.409. The van der Waals surface area contributed by atoms with Gasteiger partial charge in [0.1, 0.15) is 0 Å². The molecule has 0 bridgehead atoms. The molecule has 7 heteroatoms. The highest BCUT2D eigenvalue weighted by molar-refractivity contribution is 8.18. The number of hydrogen-bond acceptors (Lipinski definition) is 6. The van der Waals surface area contributed by atoms with Gasteiger partial charge in [-0.1, -0.05) is 17.7 Å². The van der Waals surface area contributed by atoms with Gasteiger partial charge < -0.3 is 10.2 Å². The molecule has 1 N–H and O–H groups in total. The van der Waals surface area contributed by atoms with Gasteiger partial charge in [0.05, 0.1) is 15.6 Å². The van der Waals surface area contributed by atoms with Crippen molar-refractivity contribution in [2.75, 3.05) is 19.6 Å². The second-order valence-electron chi connectivity index (χ2n) is 7.58. The third kappa shape index (κ3) is 5.35. The Labute approximate surface area is 180 Å². The number of rotatable bonds is 6. The van der Waals surface area contributed by atoms with E-state index in [2.05, 4.69) is 33.2 Å². The standard InChI is InChI=1S/C22H26N4OS2/c1-15-7-8-18(16(2)12-15)24-22-25-21(27)19(29-22)13-17-14-23-20(28-17)6-5-11-26-9-3-4-10-26/h7-8,12-14H,3-6,9-11H2,1-2H3,(H,24,25,27)/b19-13-. The fourth-order valence-electron chi connectivity index (χ4n) is 3.62. The van der Waals surface area contributed by atoms with Crippen LogP contribution in [0.1, 0.15) is 40.3 Å². The Morgan fingerprint density at radius 3 is 2.90 bits per heavy atom. The Morgan fingerprint density at radius 2 is 2.10 bits per heavy atom. The van der Waals surface area contributed by atoms with Gasteiger partial charge >= 0.3 is 0 Å². The molecule has 0 spiro atoms. The Kier molecular flexibility index (Phi) is 6.47. The maximum absolute atomic E-state index is 12.3. The van der Waals surface area contributed by atoms with Crippen LogP contribution in [0.3, 0.4) is 0 Å².